The Balaban J connectivity index is 1.40. The van der Waals surface area contributed by atoms with E-state index in [9.17, 15) is 4.79 Å². The molecule has 2 aliphatic rings. The Morgan fingerprint density at radius 1 is 1.06 bits per heavy atom. The summed E-state index contributed by atoms with van der Waals surface area (Å²) in [5.74, 6) is 0.755. The summed E-state index contributed by atoms with van der Waals surface area (Å²) < 4.78 is 9.52. The van der Waals surface area contributed by atoms with E-state index in [1.165, 1.54) is 22.4 Å². The van der Waals surface area contributed by atoms with Gasteiger partial charge in [-0.2, -0.15) is 5.10 Å². The van der Waals surface area contributed by atoms with Crippen LogP contribution >= 0.6 is 0 Å². The molecular weight excluding hydrogens is 450 g/mol. The standard InChI is InChI=1S/C29H33N5O2/c1-19-13-25-27(32(2)29(19)35)15-24(36-3)16-28(25)33-12-4-5-21-14-20(6-7-26(21)33)22-17-31-34(18-22)23-8-10-30-11-9-23/h6-7,13-18,23,30H,4-5,8-12H2,1-3H3. The van der Waals surface area contributed by atoms with E-state index < -0.39 is 0 Å². The monoisotopic (exact) mass is 483 g/mol. The van der Waals surface area contributed by atoms with Crippen molar-refractivity contribution in [1.82, 2.24) is 19.7 Å². The zero-order valence-corrected chi connectivity index (χ0v) is 21.3. The molecular formula is C29H33N5O2. The van der Waals surface area contributed by atoms with Crippen LogP contribution in [0.1, 0.15) is 36.4 Å². The minimum atomic E-state index is 0.0235. The smallest absolute Gasteiger partial charge is 0.253 e. The lowest BCUT2D eigenvalue weighted by atomic mass is 9.96. The number of fused-ring (bicyclic) bond motifs is 2. The number of hydrogen-bond acceptors (Lipinski definition) is 5. The number of methoxy groups -OCH3 is 1. The molecule has 7 nitrogen and oxygen atoms in total. The summed E-state index contributed by atoms with van der Waals surface area (Å²) in [6.07, 6.45) is 8.57. The van der Waals surface area contributed by atoms with Gasteiger partial charge < -0.3 is 19.5 Å². The summed E-state index contributed by atoms with van der Waals surface area (Å²) in [6, 6.07) is 13.3. The quantitative estimate of drug-likeness (QED) is 0.455. The Hall–Kier alpha value is -3.58. The predicted octanol–water partition coefficient (Wildman–Crippen LogP) is 4.73. The summed E-state index contributed by atoms with van der Waals surface area (Å²) >= 11 is 0. The fourth-order valence-corrected chi connectivity index (χ4v) is 5.80. The molecule has 36 heavy (non-hydrogen) atoms. The third-order valence-corrected chi connectivity index (χ3v) is 7.82. The number of hydrogen-bond donors (Lipinski definition) is 1. The summed E-state index contributed by atoms with van der Waals surface area (Å²) in [7, 11) is 3.51. The Kier molecular flexibility index (Phi) is 5.80. The van der Waals surface area contributed by atoms with Gasteiger partial charge in [0.05, 0.1) is 30.6 Å². The highest BCUT2D eigenvalue weighted by molar-refractivity contribution is 5.96. The molecule has 0 aliphatic carbocycles. The van der Waals surface area contributed by atoms with Gasteiger partial charge in [0.2, 0.25) is 0 Å². The first kappa shape index (κ1) is 22.9. The van der Waals surface area contributed by atoms with Crippen LogP contribution in [-0.4, -0.2) is 41.1 Å². The largest absolute Gasteiger partial charge is 0.497 e. The van der Waals surface area contributed by atoms with E-state index in [0.29, 0.717) is 6.04 Å². The number of nitrogens with one attached hydrogen (secondary N) is 1. The number of pyridine rings is 1. The minimum absolute atomic E-state index is 0.0235. The number of anilines is 2. The van der Waals surface area contributed by atoms with Crippen molar-refractivity contribution < 1.29 is 4.74 Å². The highest BCUT2D eigenvalue weighted by atomic mass is 16.5. The van der Waals surface area contributed by atoms with E-state index in [4.69, 9.17) is 9.84 Å². The SMILES string of the molecule is COc1cc(N2CCCc3cc(-c4cnn(C5CCNCC5)c4)ccc32)c2cc(C)c(=O)n(C)c2c1. The van der Waals surface area contributed by atoms with Gasteiger partial charge >= 0.3 is 0 Å². The van der Waals surface area contributed by atoms with Crippen LogP contribution in [0.4, 0.5) is 11.4 Å². The molecule has 2 aromatic carbocycles. The first-order chi connectivity index (χ1) is 17.5. The topological polar surface area (TPSA) is 64.3 Å². The molecule has 0 bridgehead atoms. The van der Waals surface area contributed by atoms with Crippen molar-refractivity contribution in [2.75, 3.05) is 31.6 Å². The molecule has 0 saturated carbocycles. The van der Waals surface area contributed by atoms with Crippen molar-refractivity contribution in [3.05, 3.63) is 70.3 Å². The molecule has 4 aromatic rings. The van der Waals surface area contributed by atoms with Gasteiger partial charge in [-0.25, -0.2) is 0 Å². The molecule has 1 fully saturated rings. The van der Waals surface area contributed by atoms with Crippen molar-refractivity contribution in [2.45, 2.75) is 38.6 Å². The highest BCUT2D eigenvalue weighted by Gasteiger charge is 2.23. The normalized spacial score (nSPS) is 16.4. The maximum atomic E-state index is 12.6. The average Bonchev–Trinajstić information content (AvgIpc) is 3.42. The number of aryl methyl sites for hydroxylation is 3. The van der Waals surface area contributed by atoms with E-state index in [-0.39, 0.29) is 5.56 Å². The van der Waals surface area contributed by atoms with Crippen molar-refractivity contribution in [3.63, 3.8) is 0 Å². The zero-order chi connectivity index (χ0) is 24.8. The molecule has 2 aliphatic heterocycles. The third-order valence-electron chi connectivity index (χ3n) is 7.82. The molecule has 1 N–H and O–H groups in total. The lowest BCUT2D eigenvalue weighted by Gasteiger charge is -2.33. The van der Waals surface area contributed by atoms with Crippen LogP contribution < -0.4 is 20.5 Å². The number of aromatic nitrogens is 3. The van der Waals surface area contributed by atoms with Gasteiger partial charge in [0.25, 0.3) is 5.56 Å². The number of benzene rings is 2. The molecule has 0 radical (unpaired) electrons. The maximum Gasteiger partial charge on any atom is 0.253 e. The molecule has 7 heteroatoms. The van der Waals surface area contributed by atoms with Gasteiger partial charge in [0.1, 0.15) is 5.75 Å². The third kappa shape index (κ3) is 3.88. The van der Waals surface area contributed by atoms with E-state index >= 15 is 0 Å². The summed E-state index contributed by atoms with van der Waals surface area (Å²) in [5.41, 5.74) is 7.67. The first-order valence-corrected chi connectivity index (χ1v) is 12.9. The fourth-order valence-electron chi connectivity index (χ4n) is 5.80. The van der Waals surface area contributed by atoms with Crippen molar-refractivity contribution >= 4 is 22.3 Å². The second-order valence-electron chi connectivity index (χ2n) is 10.1. The summed E-state index contributed by atoms with van der Waals surface area (Å²) in [6.45, 7) is 4.92. The van der Waals surface area contributed by atoms with Crippen LogP contribution in [0.2, 0.25) is 0 Å². The van der Waals surface area contributed by atoms with Crippen LogP contribution in [0.3, 0.4) is 0 Å². The van der Waals surface area contributed by atoms with E-state index in [1.807, 2.05) is 32.3 Å². The Morgan fingerprint density at radius 3 is 2.69 bits per heavy atom. The van der Waals surface area contributed by atoms with Crippen LogP contribution in [0.25, 0.3) is 22.0 Å². The van der Waals surface area contributed by atoms with Gasteiger partial charge in [-0.3, -0.25) is 9.48 Å². The van der Waals surface area contributed by atoms with Gasteiger partial charge in [-0.05, 0) is 75.0 Å². The molecule has 0 amide bonds. The Morgan fingerprint density at radius 2 is 1.89 bits per heavy atom. The van der Waals surface area contributed by atoms with Crippen LogP contribution in [0.15, 0.2) is 53.6 Å². The van der Waals surface area contributed by atoms with Crippen molar-refractivity contribution in [1.29, 1.82) is 0 Å². The lowest BCUT2D eigenvalue weighted by molar-refractivity contribution is 0.343. The summed E-state index contributed by atoms with van der Waals surface area (Å²) in [4.78, 5) is 15.0. The molecule has 2 aromatic heterocycles. The predicted molar refractivity (Wildman–Crippen MR) is 145 cm³/mol. The number of piperidine rings is 1. The fraction of sp³-hybridized carbons (Fsp3) is 0.379. The molecule has 1 saturated heterocycles. The molecule has 186 valence electrons. The van der Waals surface area contributed by atoms with Crippen molar-refractivity contribution in [2.24, 2.45) is 7.05 Å². The van der Waals surface area contributed by atoms with E-state index in [0.717, 1.165) is 73.2 Å². The Labute approximate surface area is 211 Å². The second-order valence-corrected chi connectivity index (χ2v) is 10.1. The zero-order valence-electron chi connectivity index (χ0n) is 21.3. The van der Waals surface area contributed by atoms with Crippen LogP contribution in [0, 0.1) is 6.92 Å². The molecule has 6 rings (SSSR count). The lowest BCUT2D eigenvalue weighted by Crippen LogP contribution is -2.29. The number of ether oxygens (including phenoxy) is 1. The van der Waals surface area contributed by atoms with E-state index in [1.54, 1.807) is 11.7 Å². The number of nitrogens with zero attached hydrogens (tertiary/aromatic N) is 4. The Bertz CT molecular complexity index is 1500. The van der Waals surface area contributed by atoms with Crippen molar-refractivity contribution in [3.8, 4) is 16.9 Å². The van der Waals surface area contributed by atoms with Gasteiger partial charge in [0.15, 0.2) is 0 Å². The first-order valence-electron chi connectivity index (χ1n) is 12.9. The number of rotatable bonds is 4. The van der Waals surface area contributed by atoms with Gasteiger partial charge in [-0.15, -0.1) is 0 Å². The second kappa shape index (κ2) is 9.13. The molecule has 4 heterocycles. The maximum absolute atomic E-state index is 12.6. The van der Waals surface area contributed by atoms with Crippen LogP contribution in [-0.2, 0) is 13.5 Å². The van der Waals surface area contributed by atoms with Gasteiger partial charge in [-0.1, -0.05) is 6.07 Å². The van der Waals surface area contributed by atoms with Crippen LogP contribution in [0.5, 0.6) is 5.75 Å². The van der Waals surface area contributed by atoms with E-state index in [2.05, 4.69) is 45.4 Å². The summed E-state index contributed by atoms with van der Waals surface area (Å²) in [5, 5.41) is 9.20. The molecule has 0 atom stereocenters. The highest BCUT2D eigenvalue weighted by Crippen LogP contribution is 2.41. The minimum Gasteiger partial charge on any atom is -0.497 e. The average molecular weight is 484 g/mol. The van der Waals surface area contributed by atoms with Gasteiger partial charge in [0, 0.05) is 54.1 Å². The molecule has 0 unspecified atom stereocenters. The molecule has 0 spiro atoms.